The summed E-state index contributed by atoms with van der Waals surface area (Å²) in [5.41, 5.74) is 4.79. The number of nitrogens with two attached hydrogens (primary N) is 1. The van der Waals surface area contributed by atoms with Crippen LogP contribution in [0.5, 0.6) is 0 Å². The number of methoxy groups -OCH3 is 1. The van der Waals surface area contributed by atoms with Gasteiger partial charge in [0.1, 0.15) is 6.04 Å². The fourth-order valence-electron chi connectivity index (χ4n) is 1.39. The lowest BCUT2D eigenvalue weighted by molar-refractivity contribution is -0.166. The molecule has 1 atom stereocenters. The maximum Gasteiger partial charge on any atom is 0.410 e. The number of nitrogens with zero attached hydrogens (tertiary/aromatic N) is 3. The van der Waals surface area contributed by atoms with E-state index in [2.05, 4.69) is 10.3 Å². The largest absolute Gasteiger partial charge is 0.410 e. The van der Waals surface area contributed by atoms with Gasteiger partial charge < -0.3 is 10.5 Å². The minimum Gasteiger partial charge on any atom is -0.384 e. The number of hydrogen-bond acceptors (Lipinski definition) is 4. The molecule has 6 nitrogen and oxygen atoms in total. The number of carbonyl (C=O) groups excluding carboxylic acids is 1. The van der Waals surface area contributed by atoms with Gasteiger partial charge in [0.05, 0.1) is 12.3 Å². The number of hydrogen-bond donors (Lipinski definition) is 1. The Morgan fingerprint density at radius 2 is 2.17 bits per heavy atom. The Hall–Kier alpha value is -1.64. The summed E-state index contributed by atoms with van der Waals surface area (Å²) in [5, 5.41) is 6.73. The van der Waals surface area contributed by atoms with E-state index >= 15 is 0 Å². The van der Waals surface area contributed by atoms with Gasteiger partial charge in [-0.3, -0.25) is 4.79 Å². The highest BCUT2D eigenvalue weighted by molar-refractivity contribution is 5.91. The molecule has 0 fully saturated rings. The van der Waals surface area contributed by atoms with E-state index in [-0.39, 0.29) is 24.4 Å². The Bertz CT molecular complexity index is 430. The molecule has 1 unspecified atom stereocenters. The van der Waals surface area contributed by atoms with Gasteiger partial charge in [-0.1, -0.05) is 5.21 Å². The van der Waals surface area contributed by atoms with E-state index in [4.69, 9.17) is 10.5 Å². The van der Waals surface area contributed by atoms with Crippen molar-refractivity contribution in [3.05, 3.63) is 11.4 Å². The molecule has 2 N–H and O–H groups in total. The predicted octanol–water partition coefficient (Wildman–Crippen LogP) is 0.689. The van der Waals surface area contributed by atoms with Crippen molar-refractivity contribution < 1.29 is 22.7 Å². The predicted molar refractivity (Wildman–Crippen MR) is 54.9 cm³/mol. The molecule has 0 bridgehead atoms. The number of primary amides is 1. The molecule has 1 aromatic rings. The molecule has 0 aliphatic carbocycles. The third-order valence-electron chi connectivity index (χ3n) is 2.41. The van der Waals surface area contributed by atoms with Crippen molar-refractivity contribution in [1.29, 1.82) is 0 Å². The molecule has 0 spiro atoms. The second-order valence-electron chi connectivity index (χ2n) is 3.65. The summed E-state index contributed by atoms with van der Waals surface area (Å²) in [7, 11) is 1.39. The summed E-state index contributed by atoms with van der Waals surface area (Å²) in [6.07, 6.45) is -4.41. The molecule has 0 saturated heterocycles. The van der Waals surface area contributed by atoms with Crippen LogP contribution in [0.15, 0.2) is 0 Å². The minimum atomic E-state index is -4.48. The third-order valence-corrected chi connectivity index (χ3v) is 2.41. The van der Waals surface area contributed by atoms with Crippen molar-refractivity contribution in [2.45, 2.75) is 25.6 Å². The number of halogens is 3. The SMILES string of the molecule is COCCc1c(C(N)=O)nnn1C(C)C(F)(F)F. The van der Waals surface area contributed by atoms with Crippen molar-refractivity contribution in [2.75, 3.05) is 13.7 Å². The van der Waals surface area contributed by atoms with Crippen LogP contribution < -0.4 is 5.73 Å². The van der Waals surface area contributed by atoms with Crippen LogP contribution in [0.25, 0.3) is 0 Å². The maximum absolute atomic E-state index is 12.6. The summed E-state index contributed by atoms with van der Waals surface area (Å²) in [5.74, 6) is -0.915. The topological polar surface area (TPSA) is 83.0 Å². The molecule has 102 valence electrons. The first-order chi connectivity index (χ1) is 8.29. The van der Waals surface area contributed by atoms with E-state index < -0.39 is 18.1 Å². The summed E-state index contributed by atoms with van der Waals surface area (Å²) in [4.78, 5) is 11.1. The molecule has 1 aromatic heterocycles. The molecule has 1 rings (SSSR count). The lowest BCUT2D eigenvalue weighted by atomic mass is 10.2. The van der Waals surface area contributed by atoms with Crippen LogP contribution in [0.4, 0.5) is 13.2 Å². The second kappa shape index (κ2) is 5.34. The van der Waals surface area contributed by atoms with Gasteiger partial charge in [-0.15, -0.1) is 5.10 Å². The zero-order valence-electron chi connectivity index (χ0n) is 9.86. The highest BCUT2D eigenvalue weighted by Gasteiger charge is 2.40. The second-order valence-corrected chi connectivity index (χ2v) is 3.65. The van der Waals surface area contributed by atoms with E-state index in [0.29, 0.717) is 4.68 Å². The van der Waals surface area contributed by atoms with E-state index in [1.54, 1.807) is 0 Å². The minimum absolute atomic E-state index is 0.0224. The fraction of sp³-hybridized carbons (Fsp3) is 0.667. The highest BCUT2D eigenvalue weighted by atomic mass is 19.4. The summed E-state index contributed by atoms with van der Waals surface area (Å²) < 4.78 is 43.3. The van der Waals surface area contributed by atoms with E-state index in [0.717, 1.165) is 6.92 Å². The highest BCUT2D eigenvalue weighted by Crippen LogP contribution is 2.30. The van der Waals surface area contributed by atoms with Crippen LogP contribution in [0.1, 0.15) is 29.1 Å². The molecule has 1 amide bonds. The first-order valence-electron chi connectivity index (χ1n) is 5.08. The van der Waals surface area contributed by atoms with Gasteiger partial charge in [-0.05, 0) is 6.92 Å². The van der Waals surface area contributed by atoms with Crippen LogP contribution in [0.2, 0.25) is 0 Å². The van der Waals surface area contributed by atoms with Crippen molar-refractivity contribution in [3.8, 4) is 0 Å². The standard InChI is InChI=1S/C9H13F3N4O2/c1-5(9(10,11)12)16-6(3-4-18-2)7(8(13)17)14-15-16/h5H,3-4H2,1-2H3,(H2,13,17). The molecule has 9 heteroatoms. The molecule has 0 saturated carbocycles. The van der Waals surface area contributed by atoms with Crippen LogP contribution in [0.3, 0.4) is 0 Å². The van der Waals surface area contributed by atoms with Crippen LogP contribution in [-0.4, -0.2) is 40.8 Å². The first kappa shape index (κ1) is 14.4. The molecule has 18 heavy (non-hydrogen) atoms. The van der Waals surface area contributed by atoms with Gasteiger partial charge >= 0.3 is 6.18 Å². The van der Waals surface area contributed by atoms with Crippen LogP contribution in [-0.2, 0) is 11.2 Å². The molecule has 0 aromatic carbocycles. The van der Waals surface area contributed by atoms with Gasteiger partial charge in [0.25, 0.3) is 5.91 Å². The van der Waals surface area contributed by atoms with Crippen molar-refractivity contribution in [2.24, 2.45) is 5.73 Å². The molecular formula is C9H13F3N4O2. The van der Waals surface area contributed by atoms with Crippen molar-refractivity contribution in [1.82, 2.24) is 15.0 Å². The Morgan fingerprint density at radius 1 is 1.56 bits per heavy atom. The van der Waals surface area contributed by atoms with Crippen molar-refractivity contribution >= 4 is 5.91 Å². The maximum atomic E-state index is 12.6. The average molecular weight is 266 g/mol. The van der Waals surface area contributed by atoms with Gasteiger partial charge in [-0.25, -0.2) is 4.68 Å². The number of rotatable bonds is 5. The van der Waals surface area contributed by atoms with E-state index in [9.17, 15) is 18.0 Å². The smallest absolute Gasteiger partial charge is 0.384 e. The van der Waals surface area contributed by atoms with Crippen LogP contribution >= 0.6 is 0 Å². The van der Waals surface area contributed by atoms with Gasteiger partial charge in [0.15, 0.2) is 5.69 Å². The molecule has 0 aliphatic heterocycles. The number of ether oxygens (including phenoxy) is 1. The Balaban J connectivity index is 3.15. The molecular weight excluding hydrogens is 253 g/mol. The van der Waals surface area contributed by atoms with E-state index in [1.165, 1.54) is 7.11 Å². The zero-order valence-corrected chi connectivity index (χ0v) is 9.86. The van der Waals surface area contributed by atoms with E-state index in [1.807, 2.05) is 0 Å². The normalized spacial score (nSPS) is 13.6. The van der Waals surface area contributed by atoms with Gasteiger partial charge in [0, 0.05) is 13.5 Å². The Kier molecular flexibility index (Phi) is 4.28. The zero-order chi connectivity index (χ0) is 13.9. The fourth-order valence-corrected chi connectivity index (χ4v) is 1.39. The molecule has 1 heterocycles. The number of amides is 1. The van der Waals surface area contributed by atoms with Crippen molar-refractivity contribution in [3.63, 3.8) is 0 Å². The quantitative estimate of drug-likeness (QED) is 0.849. The summed E-state index contributed by atoms with van der Waals surface area (Å²) in [6, 6.07) is -1.88. The number of aromatic nitrogens is 3. The molecule has 0 aliphatic rings. The monoisotopic (exact) mass is 266 g/mol. The number of alkyl halides is 3. The lowest BCUT2D eigenvalue weighted by Gasteiger charge is -2.17. The summed E-state index contributed by atoms with van der Waals surface area (Å²) in [6.45, 7) is 1.06. The molecule has 0 radical (unpaired) electrons. The lowest BCUT2D eigenvalue weighted by Crippen LogP contribution is -2.27. The first-order valence-corrected chi connectivity index (χ1v) is 5.08. The Morgan fingerprint density at radius 3 is 2.61 bits per heavy atom. The number of carbonyl (C=O) groups is 1. The average Bonchev–Trinajstić information content (AvgIpc) is 2.67. The van der Waals surface area contributed by atoms with Gasteiger partial charge in [-0.2, -0.15) is 13.2 Å². The van der Waals surface area contributed by atoms with Gasteiger partial charge in [0.2, 0.25) is 0 Å². The Labute approximate surface area is 101 Å². The third kappa shape index (κ3) is 2.97. The van der Waals surface area contributed by atoms with Crippen LogP contribution in [0, 0.1) is 0 Å². The summed E-state index contributed by atoms with van der Waals surface area (Å²) >= 11 is 0.